The molecule has 2 aromatic carbocycles. The molecule has 1 aliphatic heterocycles. The van der Waals surface area contributed by atoms with E-state index in [1.165, 1.54) is 6.07 Å². The molecule has 0 aromatic heterocycles. The molecule has 2 aliphatic rings. The van der Waals surface area contributed by atoms with E-state index in [0.29, 0.717) is 18.7 Å². The summed E-state index contributed by atoms with van der Waals surface area (Å²) in [5, 5.41) is 0. The van der Waals surface area contributed by atoms with Gasteiger partial charge in [-0.2, -0.15) is 0 Å². The summed E-state index contributed by atoms with van der Waals surface area (Å²) in [6.07, 6.45) is 5.49. The zero-order valence-corrected chi connectivity index (χ0v) is 19.1. The standard InChI is InChI=1S/C27H33FN2O2/c1-19-16-22(12-14-24(19)28)25-15-13-23(18-30(25)27(32)21-10-6-7-11-21)26(31)29(2)17-20-8-4-3-5-9-20/h3-5,8-9,12,14,16,21,23,25H,6-7,10-11,13,15,17-18H2,1-2H3. The zero-order chi connectivity index (χ0) is 22.7. The minimum Gasteiger partial charge on any atom is -0.341 e. The van der Waals surface area contributed by atoms with Gasteiger partial charge in [0.15, 0.2) is 0 Å². The van der Waals surface area contributed by atoms with E-state index in [9.17, 15) is 14.0 Å². The van der Waals surface area contributed by atoms with Crippen molar-refractivity contribution in [1.82, 2.24) is 9.80 Å². The van der Waals surface area contributed by atoms with Gasteiger partial charge in [0.2, 0.25) is 11.8 Å². The number of rotatable bonds is 5. The Morgan fingerprint density at radius 2 is 1.72 bits per heavy atom. The lowest BCUT2D eigenvalue weighted by Gasteiger charge is -2.41. The molecule has 32 heavy (non-hydrogen) atoms. The molecule has 1 saturated carbocycles. The molecule has 4 nitrogen and oxygen atoms in total. The topological polar surface area (TPSA) is 40.6 Å². The molecule has 4 rings (SSSR count). The smallest absolute Gasteiger partial charge is 0.227 e. The maximum atomic E-state index is 13.9. The molecule has 5 heteroatoms. The molecule has 0 N–H and O–H groups in total. The van der Waals surface area contributed by atoms with Crippen LogP contribution in [0, 0.1) is 24.6 Å². The number of hydrogen-bond donors (Lipinski definition) is 0. The van der Waals surface area contributed by atoms with Crippen LogP contribution >= 0.6 is 0 Å². The average molecular weight is 437 g/mol. The Morgan fingerprint density at radius 3 is 2.41 bits per heavy atom. The van der Waals surface area contributed by atoms with E-state index in [0.717, 1.165) is 49.7 Å². The van der Waals surface area contributed by atoms with Gasteiger partial charge in [-0.1, -0.05) is 55.3 Å². The number of piperidine rings is 1. The highest BCUT2D eigenvalue weighted by atomic mass is 19.1. The summed E-state index contributed by atoms with van der Waals surface area (Å²) in [4.78, 5) is 30.5. The Bertz CT molecular complexity index is 955. The Hall–Kier alpha value is -2.69. The van der Waals surface area contributed by atoms with Crippen molar-refractivity contribution >= 4 is 11.8 Å². The zero-order valence-electron chi connectivity index (χ0n) is 19.1. The number of nitrogens with zero attached hydrogens (tertiary/aromatic N) is 2. The van der Waals surface area contributed by atoms with Crippen LogP contribution in [0.15, 0.2) is 48.5 Å². The highest BCUT2D eigenvalue weighted by molar-refractivity contribution is 5.83. The fourth-order valence-electron chi connectivity index (χ4n) is 5.29. The van der Waals surface area contributed by atoms with E-state index >= 15 is 0 Å². The third-order valence-electron chi connectivity index (χ3n) is 7.12. The number of likely N-dealkylation sites (tertiary alicyclic amines) is 1. The van der Waals surface area contributed by atoms with Crippen LogP contribution in [0.2, 0.25) is 0 Å². The number of carbonyl (C=O) groups excluding carboxylic acids is 2. The minimum absolute atomic E-state index is 0.0509. The van der Waals surface area contributed by atoms with Crippen LogP contribution in [0.25, 0.3) is 0 Å². The molecule has 2 aromatic rings. The first-order valence-corrected chi connectivity index (χ1v) is 11.8. The molecule has 2 atom stereocenters. The van der Waals surface area contributed by atoms with Crippen molar-refractivity contribution in [3.8, 4) is 0 Å². The first-order valence-electron chi connectivity index (χ1n) is 11.8. The molecule has 0 radical (unpaired) electrons. The third kappa shape index (κ3) is 4.87. The van der Waals surface area contributed by atoms with Gasteiger partial charge in [0.25, 0.3) is 0 Å². The van der Waals surface area contributed by atoms with Gasteiger partial charge < -0.3 is 9.80 Å². The predicted octanol–water partition coefficient (Wildman–Crippen LogP) is 5.26. The Kier molecular flexibility index (Phi) is 6.92. The largest absolute Gasteiger partial charge is 0.341 e. The van der Waals surface area contributed by atoms with Crippen molar-refractivity contribution in [1.29, 1.82) is 0 Å². The van der Waals surface area contributed by atoms with E-state index in [2.05, 4.69) is 0 Å². The Morgan fingerprint density at radius 1 is 1.00 bits per heavy atom. The molecule has 2 unspecified atom stereocenters. The molecule has 2 fully saturated rings. The van der Waals surface area contributed by atoms with Gasteiger partial charge >= 0.3 is 0 Å². The van der Waals surface area contributed by atoms with E-state index < -0.39 is 0 Å². The molecule has 2 amide bonds. The highest BCUT2D eigenvalue weighted by Gasteiger charge is 2.39. The number of hydrogen-bond acceptors (Lipinski definition) is 2. The van der Waals surface area contributed by atoms with E-state index in [-0.39, 0.29) is 35.5 Å². The second kappa shape index (κ2) is 9.85. The number of halogens is 1. The van der Waals surface area contributed by atoms with Gasteiger partial charge in [-0.15, -0.1) is 0 Å². The predicted molar refractivity (Wildman–Crippen MR) is 123 cm³/mol. The molecular weight excluding hydrogens is 403 g/mol. The molecular formula is C27H33FN2O2. The number of amides is 2. The average Bonchev–Trinajstić information content (AvgIpc) is 3.35. The molecule has 170 valence electrons. The van der Waals surface area contributed by atoms with Crippen molar-refractivity contribution in [3.63, 3.8) is 0 Å². The molecule has 1 heterocycles. The molecule has 1 saturated heterocycles. The summed E-state index contributed by atoms with van der Waals surface area (Å²) in [7, 11) is 1.84. The summed E-state index contributed by atoms with van der Waals surface area (Å²) >= 11 is 0. The number of carbonyl (C=O) groups is 2. The van der Waals surface area contributed by atoms with Crippen LogP contribution < -0.4 is 0 Å². The van der Waals surface area contributed by atoms with Crippen molar-refractivity contribution in [2.45, 2.75) is 58.0 Å². The van der Waals surface area contributed by atoms with E-state index in [1.54, 1.807) is 17.9 Å². The number of aryl methyl sites for hydroxylation is 1. The SMILES string of the molecule is Cc1cc(C2CCC(C(=O)N(C)Cc3ccccc3)CN2C(=O)C2CCCC2)ccc1F. The van der Waals surface area contributed by atoms with Crippen LogP contribution in [-0.2, 0) is 16.1 Å². The van der Waals surface area contributed by atoms with Crippen LogP contribution in [0.1, 0.15) is 61.3 Å². The lowest BCUT2D eigenvalue weighted by molar-refractivity contribution is -0.145. The quantitative estimate of drug-likeness (QED) is 0.641. The summed E-state index contributed by atoms with van der Waals surface area (Å²) in [6, 6.07) is 15.0. The van der Waals surface area contributed by atoms with Crippen LogP contribution in [0.3, 0.4) is 0 Å². The van der Waals surface area contributed by atoms with Gasteiger partial charge in [0.1, 0.15) is 5.82 Å². The highest BCUT2D eigenvalue weighted by Crippen LogP contribution is 2.38. The summed E-state index contributed by atoms with van der Waals surface area (Å²) in [6.45, 7) is 2.76. The normalized spacial score (nSPS) is 21.5. The monoisotopic (exact) mass is 436 g/mol. The second-order valence-electron chi connectivity index (χ2n) is 9.45. The first-order chi connectivity index (χ1) is 15.4. The first kappa shape index (κ1) is 22.5. The van der Waals surface area contributed by atoms with E-state index in [4.69, 9.17) is 0 Å². The van der Waals surface area contributed by atoms with Crippen LogP contribution in [0.4, 0.5) is 4.39 Å². The van der Waals surface area contributed by atoms with Crippen LogP contribution in [-0.4, -0.2) is 35.2 Å². The van der Waals surface area contributed by atoms with Crippen molar-refractivity contribution < 1.29 is 14.0 Å². The van der Waals surface area contributed by atoms with Crippen molar-refractivity contribution in [2.24, 2.45) is 11.8 Å². The molecule has 0 bridgehead atoms. The van der Waals surface area contributed by atoms with E-state index in [1.807, 2.05) is 48.3 Å². The molecule has 0 spiro atoms. The second-order valence-corrected chi connectivity index (χ2v) is 9.45. The van der Waals surface area contributed by atoms with Gasteiger partial charge in [0.05, 0.1) is 12.0 Å². The van der Waals surface area contributed by atoms with Crippen molar-refractivity contribution in [3.05, 3.63) is 71.0 Å². The third-order valence-corrected chi connectivity index (χ3v) is 7.12. The lowest BCUT2D eigenvalue weighted by atomic mass is 9.86. The van der Waals surface area contributed by atoms with Gasteiger partial charge in [-0.25, -0.2) is 4.39 Å². The summed E-state index contributed by atoms with van der Waals surface area (Å²) in [5.41, 5.74) is 2.66. The number of benzene rings is 2. The fourth-order valence-corrected chi connectivity index (χ4v) is 5.29. The van der Waals surface area contributed by atoms with Gasteiger partial charge in [0, 0.05) is 26.1 Å². The van der Waals surface area contributed by atoms with Gasteiger partial charge in [-0.05, 0) is 55.4 Å². The van der Waals surface area contributed by atoms with Crippen molar-refractivity contribution in [2.75, 3.05) is 13.6 Å². The Balaban J connectivity index is 1.53. The summed E-state index contributed by atoms with van der Waals surface area (Å²) in [5.74, 6) is -0.125. The lowest BCUT2D eigenvalue weighted by Crippen LogP contribution is -2.48. The summed E-state index contributed by atoms with van der Waals surface area (Å²) < 4.78 is 13.9. The molecule has 1 aliphatic carbocycles. The maximum absolute atomic E-state index is 13.9. The fraction of sp³-hybridized carbons (Fsp3) is 0.481. The Labute approximate surface area is 190 Å². The van der Waals surface area contributed by atoms with Crippen LogP contribution in [0.5, 0.6) is 0 Å². The van der Waals surface area contributed by atoms with Gasteiger partial charge in [-0.3, -0.25) is 9.59 Å². The minimum atomic E-state index is -0.228. The maximum Gasteiger partial charge on any atom is 0.227 e.